The lowest BCUT2D eigenvalue weighted by Crippen LogP contribution is -2.24. The van der Waals surface area contributed by atoms with Crippen molar-refractivity contribution in [3.8, 4) is 11.5 Å². The van der Waals surface area contributed by atoms with E-state index in [1.165, 1.54) is 24.7 Å². The molecule has 2 aromatic carbocycles. The summed E-state index contributed by atoms with van der Waals surface area (Å²) in [6.45, 7) is 2.36. The number of amides is 1. The average Bonchev–Trinajstić information content (AvgIpc) is 3.05. The van der Waals surface area contributed by atoms with E-state index in [9.17, 15) is 4.79 Å². The molecule has 3 rings (SSSR count). The number of hydrogen-bond acceptors (Lipinski definition) is 5. The van der Waals surface area contributed by atoms with Crippen LogP contribution in [0.25, 0.3) is 0 Å². The van der Waals surface area contributed by atoms with Crippen molar-refractivity contribution < 1.29 is 14.3 Å². The van der Waals surface area contributed by atoms with Crippen LogP contribution in [0.5, 0.6) is 11.5 Å². The van der Waals surface area contributed by atoms with Crippen LogP contribution in [-0.2, 0) is 13.0 Å². The molecule has 27 heavy (non-hydrogen) atoms. The molecule has 1 heterocycles. The molecule has 0 unspecified atom stereocenters. The Labute approximate surface area is 163 Å². The molecule has 6 heteroatoms. The monoisotopic (exact) mass is 382 g/mol. The Bertz CT molecular complexity index is 900. The Kier molecular flexibility index (Phi) is 6.08. The van der Waals surface area contributed by atoms with E-state index in [0.717, 1.165) is 17.1 Å². The van der Waals surface area contributed by atoms with E-state index in [1.54, 1.807) is 29.5 Å². The highest BCUT2D eigenvalue weighted by atomic mass is 32.1. The lowest BCUT2D eigenvalue weighted by molar-refractivity contribution is 0.0944. The second-order valence-corrected chi connectivity index (χ2v) is 7.17. The van der Waals surface area contributed by atoms with Gasteiger partial charge in [0.25, 0.3) is 5.91 Å². The Morgan fingerprint density at radius 1 is 1.04 bits per heavy atom. The number of hydrogen-bond donors (Lipinski definition) is 1. The molecule has 0 saturated heterocycles. The van der Waals surface area contributed by atoms with Gasteiger partial charge in [0.1, 0.15) is 22.1 Å². The molecule has 140 valence electrons. The highest BCUT2D eigenvalue weighted by molar-refractivity contribution is 7.11. The summed E-state index contributed by atoms with van der Waals surface area (Å²) in [5.74, 6) is 0.709. The largest absolute Gasteiger partial charge is 0.496 e. The summed E-state index contributed by atoms with van der Waals surface area (Å²) in [5, 5.41) is 3.79. The molecule has 0 radical (unpaired) electrons. The van der Waals surface area contributed by atoms with Gasteiger partial charge >= 0.3 is 0 Å². The van der Waals surface area contributed by atoms with Crippen LogP contribution in [0, 0.1) is 6.92 Å². The van der Waals surface area contributed by atoms with Gasteiger partial charge in [-0.3, -0.25) is 4.79 Å². The molecule has 0 aliphatic heterocycles. The summed E-state index contributed by atoms with van der Waals surface area (Å²) < 4.78 is 10.6. The predicted octanol–water partition coefficient (Wildman–Crippen LogP) is 3.99. The van der Waals surface area contributed by atoms with Crippen molar-refractivity contribution >= 4 is 17.2 Å². The fourth-order valence-electron chi connectivity index (χ4n) is 2.83. The van der Waals surface area contributed by atoms with Gasteiger partial charge in [-0.2, -0.15) is 0 Å². The number of carbonyl (C=O) groups excluding carboxylic acids is 1. The number of carbonyl (C=O) groups is 1. The maximum atomic E-state index is 12.7. The van der Waals surface area contributed by atoms with Gasteiger partial charge in [0.2, 0.25) is 0 Å². The molecule has 1 amide bonds. The lowest BCUT2D eigenvalue weighted by Gasteiger charge is -2.12. The van der Waals surface area contributed by atoms with Gasteiger partial charge in [0.05, 0.1) is 26.5 Å². The van der Waals surface area contributed by atoms with Crippen LogP contribution in [0.1, 0.15) is 31.5 Å². The summed E-state index contributed by atoms with van der Waals surface area (Å²) in [7, 11) is 3.07. The van der Waals surface area contributed by atoms with E-state index in [0.29, 0.717) is 23.6 Å². The molecule has 0 saturated carbocycles. The van der Waals surface area contributed by atoms with Crippen LogP contribution in [0.3, 0.4) is 0 Å². The van der Waals surface area contributed by atoms with Crippen molar-refractivity contribution in [3.05, 3.63) is 75.2 Å². The SMILES string of the molecule is COc1cccc(OC)c1C(=O)NCc1nc(C)c(Cc2ccccc2)s1. The number of rotatable bonds is 7. The summed E-state index contributed by atoms with van der Waals surface area (Å²) in [4.78, 5) is 18.5. The third kappa shape index (κ3) is 4.46. The highest BCUT2D eigenvalue weighted by Gasteiger charge is 2.18. The van der Waals surface area contributed by atoms with Crippen molar-refractivity contribution in [3.63, 3.8) is 0 Å². The smallest absolute Gasteiger partial charge is 0.259 e. The first-order valence-corrected chi connectivity index (χ1v) is 9.42. The summed E-state index contributed by atoms with van der Waals surface area (Å²) in [6.07, 6.45) is 0.846. The van der Waals surface area contributed by atoms with Crippen LogP contribution in [-0.4, -0.2) is 25.1 Å². The van der Waals surface area contributed by atoms with Crippen LogP contribution < -0.4 is 14.8 Å². The first kappa shape index (κ1) is 18.9. The fraction of sp³-hybridized carbons (Fsp3) is 0.238. The molecular weight excluding hydrogens is 360 g/mol. The second-order valence-electron chi connectivity index (χ2n) is 6.00. The average molecular weight is 382 g/mol. The Morgan fingerprint density at radius 3 is 2.33 bits per heavy atom. The molecule has 0 fully saturated rings. The second kappa shape index (κ2) is 8.68. The summed E-state index contributed by atoms with van der Waals surface area (Å²) in [5.41, 5.74) is 2.64. The molecule has 5 nitrogen and oxygen atoms in total. The minimum absolute atomic E-state index is 0.248. The summed E-state index contributed by atoms with van der Waals surface area (Å²) in [6, 6.07) is 15.6. The number of methoxy groups -OCH3 is 2. The van der Waals surface area contributed by atoms with Crippen LogP contribution in [0.2, 0.25) is 0 Å². The molecule has 3 aromatic rings. The molecule has 1 N–H and O–H groups in total. The molecule has 0 aliphatic rings. The topological polar surface area (TPSA) is 60.5 Å². The zero-order valence-corrected chi connectivity index (χ0v) is 16.4. The minimum Gasteiger partial charge on any atom is -0.496 e. The van der Waals surface area contributed by atoms with Gasteiger partial charge in [0, 0.05) is 11.3 Å². The summed E-state index contributed by atoms with van der Waals surface area (Å²) >= 11 is 1.62. The third-order valence-electron chi connectivity index (χ3n) is 4.20. The third-order valence-corrected chi connectivity index (χ3v) is 5.36. The van der Waals surface area contributed by atoms with E-state index < -0.39 is 0 Å². The van der Waals surface area contributed by atoms with E-state index in [4.69, 9.17) is 9.47 Å². The number of aryl methyl sites for hydroxylation is 1. The molecule has 0 aliphatic carbocycles. The first-order valence-electron chi connectivity index (χ1n) is 8.60. The fourth-order valence-corrected chi connectivity index (χ4v) is 3.87. The number of ether oxygens (including phenoxy) is 2. The maximum absolute atomic E-state index is 12.7. The van der Waals surface area contributed by atoms with Crippen LogP contribution in [0.4, 0.5) is 0 Å². The number of thiazole rings is 1. The van der Waals surface area contributed by atoms with Gasteiger partial charge in [0.15, 0.2) is 0 Å². The number of aromatic nitrogens is 1. The van der Waals surface area contributed by atoms with Crippen molar-refractivity contribution in [2.24, 2.45) is 0 Å². The number of nitrogens with zero attached hydrogens (tertiary/aromatic N) is 1. The van der Waals surface area contributed by atoms with Gasteiger partial charge in [-0.25, -0.2) is 4.98 Å². The minimum atomic E-state index is -0.248. The standard InChI is InChI=1S/C21H22N2O3S/c1-14-18(12-15-8-5-4-6-9-15)27-19(23-14)13-22-21(24)20-16(25-2)10-7-11-17(20)26-3/h4-11H,12-13H2,1-3H3,(H,22,24). The van der Waals surface area contributed by atoms with E-state index >= 15 is 0 Å². The molecule has 0 atom stereocenters. The normalized spacial score (nSPS) is 10.5. The highest BCUT2D eigenvalue weighted by Crippen LogP contribution is 2.28. The van der Waals surface area contributed by atoms with E-state index in [1.807, 2.05) is 25.1 Å². The quantitative estimate of drug-likeness (QED) is 0.671. The van der Waals surface area contributed by atoms with E-state index in [2.05, 4.69) is 22.4 Å². The molecular formula is C21H22N2O3S. The van der Waals surface area contributed by atoms with Gasteiger partial charge in [-0.05, 0) is 24.6 Å². The van der Waals surface area contributed by atoms with Crippen LogP contribution >= 0.6 is 11.3 Å². The Balaban J connectivity index is 1.71. The number of benzene rings is 2. The Hall–Kier alpha value is -2.86. The lowest BCUT2D eigenvalue weighted by atomic mass is 10.1. The number of nitrogens with one attached hydrogen (secondary N) is 1. The maximum Gasteiger partial charge on any atom is 0.259 e. The van der Waals surface area contributed by atoms with Gasteiger partial charge in [-0.1, -0.05) is 36.4 Å². The van der Waals surface area contributed by atoms with Crippen molar-refractivity contribution in [2.75, 3.05) is 14.2 Å². The Morgan fingerprint density at radius 2 is 1.70 bits per heavy atom. The van der Waals surface area contributed by atoms with Crippen molar-refractivity contribution in [2.45, 2.75) is 19.9 Å². The van der Waals surface area contributed by atoms with Gasteiger partial charge in [-0.15, -0.1) is 11.3 Å². The van der Waals surface area contributed by atoms with Gasteiger partial charge < -0.3 is 14.8 Å². The van der Waals surface area contributed by atoms with E-state index in [-0.39, 0.29) is 5.91 Å². The van der Waals surface area contributed by atoms with Crippen molar-refractivity contribution in [1.29, 1.82) is 0 Å². The molecule has 0 bridgehead atoms. The zero-order chi connectivity index (χ0) is 19.2. The molecule has 1 aromatic heterocycles. The first-order chi connectivity index (χ1) is 13.1. The molecule has 0 spiro atoms. The zero-order valence-electron chi connectivity index (χ0n) is 15.6. The van der Waals surface area contributed by atoms with Crippen molar-refractivity contribution in [1.82, 2.24) is 10.3 Å². The predicted molar refractivity (Wildman–Crippen MR) is 107 cm³/mol. The van der Waals surface area contributed by atoms with Crippen LogP contribution in [0.15, 0.2) is 48.5 Å².